The molecule has 2 aliphatic carbocycles. The van der Waals surface area contributed by atoms with Crippen molar-refractivity contribution in [3.05, 3.63) is 89.5 Å². The van der Waals surface area contributed by atoms with Gasteiger partial charge in [0.05, 0.1) is 5.60 Å². The molecule has 3 aromatic carbocycles. The summed E-state index contributed by atoms with van der Waals surface area (Å²) in [4.78, 5) is 13.2. The summed E-state index contributed by atoms with van der Waals surface area (Å²) in [5.74, 6) is 1.31. The van der Waals surface area contributed by atoms with E-state index in [1.807, 2.05) is 79.7 Å². The van der Waals surface area contributed by atoms with Crippen LogP contribution in [0.15, 0.2) is 72.8 Å². The lowest BCUT2D eigenvalue weighted by Crippen LogP contribution is -2.59. The number of esters is 1. The van der Waals surface area contributed by atoms with Gasteiger partial charge in [-0.05, 0) is 84.7 Å². The molecule has 5 atom stereocenters. The molecule has 0 radical (unpaired) electrons. The summed E-state index contributed by atoms with van der Waals surface area (Å²) in [6.45, 7) is 22.2. The Balaban J connectivity index is 1.71. The third kappa shape index (κ3) is 8.10. The first-order valence-electron chi connectivity index (χ1n) is 18.4. The quantitative estimate of drug-likeness (QED) is 0.159. The van der Waals surface area contributed by atoms with E-state index in [9.17, 15) is 9.90 Å². The molecule has 7 heteroatoms. The van der Waals surface area contributed by atoms with Crippen molar-refractivity contribution in [3.63, 3.8) is 0 Å². The van der Waals surface area contributed by atoms with E-state index >= 15 is 0 Å². The molecule has 5 rings (SSSR count). The zero-order valence-corrected chi connectivity index (χ0v) is 33.1. The van der Waals surface area contributed by atoms with Crippen molar-refractivity contribution in [3.8, 4) is 17.2 Å². The smallest absolute Gasteiger partial charge is 0.303 e. The molecule has 2 aliphatic rings. The van der Waals surface area contributed by atoms with Crippen LogP contribution in [0.1, 0.15) is 110 Å². The molecule has 1 N–H and O–H groups in total. The number of ether oxygens (including phenoxy) is 3. The van der Waals surface area contributed by atoms with Crippen molar-refractivity contribution in [2.45, 2.75) is 131 Å². The number of fused-ring (bicyclic) bond motifs is 1. The predicted molar refractivity (Wildman–Crippen MR) is 203 cm³/mol. The van der Waals surface area contributed by atoms with Gasteiger partial charge in [0.15, 0.2) is 11.5 Å². The lowest BCUT2D eigenvalue weighted by atomic mass is 9.44. The third-order valence-corrected chi connectivity index (χ3v) is 16.6. The number of carbonyl (C=O) groups is 1. The summed E-state index contributed by atoms with van der Waals surface area (Å²) in [5, 5.41) is 12.3. The average Bonchev–Trinajstić information content (AvgIpc) is 3.02. The largest absolute Gasteiger partial charge is 0.543 e. The molecule has 3 aromatic rings. The Kier molecular flexibility index (Phi) is 10.9. The van der Waals surface area contributed by atoms with Gasteiger partial charge in [-0.15, -0.1) is 0 Å². The highest BCUT2D eigenvalue weighted by atomic mass is 28.4. The van der Waals surface area contributed by atoms with Crippen LogP contribution in [0.2, 0.25) is 18.1 Å². The van der Waals surface area contributed by atoms with Gasteiger partial charge in [0, 0.05) is 24.5 Å². The van der Waals surface area contributed by atoms with Crippen LogP contribution in [0.3, 0.4) is 0 Å². The zero-order chi connectivity index (χ0) is 36.5. The van der Waals surface area contributed by atoms with E-state index in [2.05, 4.69) is 54.6 Å². The van der Waals surface area contributed by atoms with Gasteiger partial charge in [-0.2, -0.15) is 0 Å². The first-order chi connectivity index (χ1) is 23.3. The van der Waals surface area contributed by atoms with Gasteiger partial charge in [0.25, 0.3) is 0 Å². The molecule has 50 heavy (non-hydrogen) atoms. The molecule has 0 heterocycles. The van der Waals surface area contributed by atoms with Crippen molar-refractivity contribution >= 4 is 14.3 Å². The van der Waals surface area contributed by atoms with E-state index in [-0.39, 0.29) is 27.8 Å². The molecule has 2 saturated carbocycles. The fraction of sp³-hybridized carbons (Fsp3) is 0.558. The van der Waals surface area contributed by atoms with Crippen LogP contribution in [-0.2, 0) is 22.7 Å². The summed E-state index contributed by atoms with van der Waals surface area (Å²) in [7, 11) is -2.42. The van der Waals surface area contributed by atoms with Crippen LogP contribution in [0, 0.1) is 22.7 Å². The van der Waals surface area contributed by atoms with E-state index in [0.717, 1.165) is 42.4 Å². The van der Waals surface area contributed by atoms with Crippen LogP contribution >= 0.6 is 0 Å². The summed E-state index contributed by atoms with van der Waals surface area (Å²) in [5.41, 5.74) is 1.51. The molecule has 1 unspecified atom stereocenters. The zero-order valence-electron chi connectivity index (χ0n) is 32.1. The first-order valence-corrected chi connectivity index (χ1v) is 21.3. The Hall–Kier alpha value is -3.29. The van der Waals surface area contributed by atoms with Gasteiger partial charge in [0.1, 0.15) is 25.1 Å². The number of benzene rings is 3. The minimum Gasteiger partial charge on any atom is -0.543 e. The fourth-order valence-corrected chi connectivity index (χ4v) is 9.75. The Morgan fingerprint density at radius 1 is 0.840 bits per heavy atom. The molecule has 0 bridgehead atoms. The highest BCUT2D eigenvalue weighted by Crippen LogP contribution is 2.65. The van der Waals surface area contributed by atoms with Crippen LogP contribution in [0.5, 0.6) is 17.2 Å². The Morgan fingerprint density at radius 2 is 1.38 bits per heavy atom. The number of carbonyl (C=O) groups excluding carboxylic acids is 1. The van der Waals surface area contributed by atoms with Gasteiger partial charge in [0.2, 0.25) is 8.32 Å². The second-order valence-electron chi connectivity index (χ2n) is 17.6. The summed E-state index contributed by atoms with van der Waals surface area (Å²) in [6.07, 6.45) is 3.95. The Labute approximate surface area is 302 Å². The number of rotatable bonds is 11. The van der Waals surface area contributed by atoms with Crippen molar-refractivity contribution in [1.29, 1.82) is 0 Å². The van der Waals surface area contributed by atoms with E-state index in [4.69, 9.17) is 18.6 Å². The summed E-state index contributed by atoms with van der Waals surface area (Å²) >= 11 is 0. The maximum absolute atomic E-state index is 13.2. The maximum atomic E-state index is 13.2. The first kappa shape index (κ1) is 37.9. The van der Waals surface area contributed by atoms with Crippen molar-refractivity contribution in [1.82, 2.24) is 0 Å². The van der Waals surface area contributed by atoms with Crippen molar-refractivity contribution in [2.75, 3.05) is 0 Å². The Morgan fingerprint density at radius 3 is 1.90 bits per heavy atom. The minimum absolute atomic E-state index is 0.0993. The van der Waals surface area contributed by atoms with E-state index in [0.29, 0.717) is 42.8 Å². The highest BCUT2D eigenvalue weighted by molar-refractivity contribution is 6.74. The van der Waals surface area contributed by atoms with Gasteiger partial charge >= 0.3 is 5.97 Å². The standard InChI is InChI=1S/C43H60O6Si/c1-30(44)48-38(39-42(7)24-17-23-41(5,6)37(42)22-25-43(39,8)45)33-26-35(46-28-31-18-13-11-14-19-31)36(47-29-32-20-15-12-16-21-32)27-34(33)49-50(9,10)40(2,3)4/h11-16,18-21,26-27,37-39,45H,17,22-25,28-29H2,1-10H3/t37?,38-,39+,42-,43+/m0/s1. The van der Waals surface area contributed by atoms with Crippen molar-refractivity contribution < 1.29 is 28.5 Å². The lowest BCUT2D eigenvalue weighted by molar-refractivity contribution is -0.211. The highest BCUT2D eigenvalue weighted by Gasteiger charge is 2.61. The van der Waals surface area contributed by atoms with Crippen molar-refractivity contribution in [2.24, 2.45) is 22.7 Å². The van der Waals surface area contributed by atoms with Crippen LogP contribution in [0.25, 0.3) is 0 Å². The second kappa shape index (κ2) is 14.4. The van der Waals surface area contributed by atoms with Gasteiger partial charge in [-0.3, -0.25) is 4.79 Å². The molecule has 0 aromatic heterocycles. The SMILES string of the molecule is CC(=O)O[C@@H](c1cc(OCc2ccccc2)c(OCc2ccccc2)cc1O[Si](C)(C)C(C)(C)C)[C@@H]1[C@@]2(C)CCCC(C)(C)C2CC[C@@]1(C)O. The summed E-state index contributed by atoms with van der Waals surface area (Å²) in [6, 6.07) is 24.0. The molecule has 6 nitrogen and oxygen atoms in total. The number of hydrogen-bond donors (Lipinski definition) is 1. The molecular formula is C43H60O6Si. The number of hydrogen-bond acceptors (Lipinski definition) is 6. The van der Waals surface area contributed by atoms with Crippen LogP contribution in [0.4, 0.5) is 0 Å². The second-order valence-corrected chi connectivity index (χ2v) is 22.3. The fourth-order valence-electron chi connectivity index (χ4n) is 8.71. The predicted octanol–water partition coefficient (Wildman–Crippen LogP) is 10.8. The normalized spacial score (nSPS) is 25.6. The van der Waals surface area contributed by atoms with E-state index in [1.54, 1.807) is 0 Å². The van der Waals surface area contributed by atoms with E-state index in [1.165, 1.54) is 6.92 Å². The minimum atomic E-state index is -2.42. The maximum Gasteiger partial charge on any atom is 0.303 e. The monoisotopic (exact) mass is 700 g/mol. The summed E-state index contributed by atoms with van der Waals surface area (Å²) < 4.78 is 26.8. The van der Waals surface area contributed by atoms with Gasteiger partial charge in [-0.25, -0.2) is 0 Å². The topological polar surface area (TPSA) is 74.2 Å². The number of aliphatic hydroxyl groups is 1. The van der Waals surface area contributed by atoms with Gasteiger partial charge < -0.3 is 23.7 Å². The molecule has 0 aliphatic heterocycles. The van der Waals surface area contributed by atoms with Crippen LogP contribution in [-0.4, -0.2) is 25.0 Å². The average molecular weight is 701 g/mol. The molecular weight excluding hydrogens is 641 g/mol. The molecule has 0 spiro atoms. The molecule has 0 amide bonds. The molecule has 2 fully saturated rings. The third-order valence-electron chi connectivity index (χ3n) is 12.2. The Bertz CT molecular complexity index is 1610. The molecule has 0 saturated heterocycles. The van der Waals surface area contributed by atoms with Crippen LogP contribution < -0.4 is 13.9 Å². The molecule has 272 valence electrons. The van der Waals surface area contributed by atoms with Gasteiger partial charge in [-0.1, -0.05) is 109 Å². The van der Waals surface area contributed by atoms with E-state index < -0.39 is 20.0 Å². The lowest BCUT2D eigenvalue weighted by Gasteiger charge is -2.62.